The summed E-state index contributed by atoms with van der Waals surface area (Å²) in [5.74, 6) is -0.178. The lowest BCUT2D eigenvalue weighted by atomic mass is 9.92. The molecule has 5 heterocycles. The van der Waals surface area contributed by atoms with Gasteiger partial charge in [-0.05, 0) is 68.6 Å². The first-order chi connectivity index (χ1) is 20.2. The molecule has 0 N–H and O–H groups in total. The quantitative estimate of drug-likeness (QED) is 0.435. The summed E-state index contributed by atoms with van der Waals surface area (Å²) in [7, 11) is 0. The Hall–Kier alpha value is -2.82. The number of hydrogen-bond donors (Lipinski definition) is 0. The highest BCUT2D eigenvalue weighted by atomic mass is 16.7. The number of carbonyl (C=O) groups excluding carboxylic acids is 3. The fraction of sp³-hybridized carbons (Fsp3) is 0.688. The van der Waals surface area contributed by atoms with E-state index < -0.39 is 18.3 Å². The van der Waals surface area contributed by atoms with Gasteiger partial charge in [-0.2, -0.15) is 5.06 Å². The Morgan fingerprint density at radius 2 is 1.69 bits per heavy atom. The predicted molar refractivity (Wildman–Crippen MR) is 158 cm³/mol. The van der Waals surface area contributed by atoms with Crippen molar-refractivity contribution in [3.05, 3.63) is 36.2 Å². The van der Waals surface area contributed by atoms with Crippen LogP contribution in [0.3, 0.4) is 0 Å². The van der Waals surface area contributed by atoms with E-state index in [0.29, 0.717) is 24.6 Å². The summed E-state index contributed by atoms with van der Waals surface area (Å²) in [5, 5.41) is 1.36. The van der Waals surface area contributed by atoms with Gasteiger partial charge in [-0.25, -0.2) is 0 Å². The molecule has 4 saturated heterocycles. The summed E-state index contributed by atoms with van der Waals surface area (Å²) in [6.07, 6.45) is 8.16. The van der Waals surface area contributed by atoms with Gasteiger partial charge in [0, 0.05) is 50.7 Å². The zero-order valence-corrected chi connectivity index (χ0v) is 25.6. The van der Waals surface area contributed by atoms with Crippen molar-refractivity contribution in [2.75, 3.05) is 32.8 Å². The fourth-order valence-corrected chi connectivity index (χ4v) is 6.86. The molecule has 0 radical (unpaired) electrons. The molecule has 230 valence electrons. The van der Waals surface area contributed by atoms with Crippen LogP contribution in [-0.2, 0) is 24.0 Å². The van der Waals surface area contributed by atoms with Gasteiger partial charge >= 0.3 is 0 Å². The maximum atomic E-state index is 14.2. The largest absolute Gasteiger partial charge is 0.381 e. The minimum atomic E-state index is -0.815. The third-order valence-corrected chi connectivity index (χ3v) is 8.96. The lowest BCUT2D eigenvalue weighted by Gasteiger charge is -2.55. The number of aromatic nitrogens is 1. The van der Waals surface area contributed by atoms with Crippen molar-refractivity contribution in [2.24, 2.45) is 11.8 Å². The molecule has 0 aliphatic carbocycles. The number of ether oxygens (including phenoxy) is 1. The van der Waals surface area contributed by atoms with Crippen molar-refractivity contribution >= 4 is 23.8 Å². The summed E-state index contributed by atoms with van der Waals surface area (Å²) in [5.41, 5.74) is 0.656. The average Bonchev–Trinajstić information content (AvgIpc) is 2.99. The van der Waals surface area contributed by atoms with E-state index in [1.165, 1.54) is 11.1 Å². The zero-order chi connectivity index (χ0) is 29.8. The van der Waals surface area contributed by atoms with Gasteiger partial charge in [0.15, 0.2) is 12.3 Å². The Labute approximate surface area is 249 Å². The molecule has 1 aromatic rings. The van der Waals surface area contributed by atoms with Gasteiger partial charge in [0.05, 0.1) is 12.2 Å². The van der Waals surface area contributed by atoms with E-state index in [2.05, 4.69) is 23.7 Å². The number of likely N-dealkylation sites (tertiary alicyclic amines) is 1. The van der Waals surface area contributed by atoms with Crippen LogP contribution in [0, 0.1) is 11.8 Å². The topological polar surface area (TPSA) is 95.5 Å². The average molecular weight is 582 g/mol. The molecule has 10 heteroatoms. The third kappa shape index (κ3) is 6.87. The Morgan fingerprint density at radius 3 is 2.33 bits per heavy atom. The van der Waals surface area contributed by atoms with Crippen LogP contribution < -0.4 is 0 Å². The normalized spacial score (nSPS) is 27.0. The summed E-state index contributed by atoms with van der Waals surface area (Å²) < 4.78 is 5.56. The van der Waals surface area contributed by atoms with Crippen LogP contribution in [0.4, 0.5) is 0 Å². The second-order valence-electron chi connectivity index (χ2n) is 12.9. The van der Waals surface area contributed by atoms with Gasteiger partial charge < -0.3 is 19.4 Å². The number of piperazine rings is 1. The number of hydroxylamine groups is 2. The summed E-state index contributed by atoms with van der Waals surface area (Å²) >= 11 is 0. The summed E-state index contributed by atoms with van der Waals surface area (Å²) in [4.78, 5) is 58.5. The van der Waals surface area contributed by atoms with E-state index in [0.717, 1.165) is 52.0 Å². The number of fused-ring (bicyclic) bond motifs is 1. The van der Waals surface area contributed by atoms with Crippen molar-refractivity contribution in [3.8, 4) is 0 Å². The zero-order valence-electron chi connectivity index (χ0n) is 25.6. The van der Waals surface area contributed by atoms with Gasteiger partial charge in [0.1, 0.15) is 6.04 Å². The Morgan fingerprint density at radius 1 is 0.976 bits per heavy atom. The lowest BCUT2D eigenvalue weighted by Crippen LogP contribution is -2.74. The van der Waals surface area contributed by atoms with Crippen molar-refractivity contribution in [1.82, 2.24) is 24.7 Å². The Kier molecular flexibility index (Phi) is 9.96. The van der Waals surface area contributed by atoms with Crippen LogP contribution in [0.25, 0.3) is 6.08 Å². The molecule has 0 aromatic carbocycles. The number of amides is 3. The van der Waals surface area contributed by atoms with E-state index in [1.54, 1.807) is 17.2 Å². The maximum absolute atomic E-state index is 14.2. The Balaban J connectivity index is 1.40. The fourth-order valence-electron chi connectivity index (χ4n) is 6.86. The van der Waals surface area contributed by atoms with E-state index in [9.17, 15) is 14.4 Å². The number of carbonyl (C=O) groups is 3. The SMILES string of the molecule is CC(C)C[C@H]1ON(C(=O)/C=C/c2ccccn2)[C@H]2CN(C3CCN(C4CCOCC4)CC3)C(=O)[C@H](CC(C)C)N2C1=O. The van der Waals surface area contributed by atoms with Crippen LogP contribution >= 0.6 is 0 Å². The lowest BCUT2D eigenvalue weighted by molar-refractivity contribution is -0.275. The first kappa shape index (κ1) is 30.6. The molecule has 10 nitrogen and oxygen atoms in total. The van der Waals surface area contributed by atoms with Gasteiger partial charge in [-0.1, -0.05) is 33.8 Å². The van der Waals surface area contributed by atoms with Crippen molar-refractivity contribution in [3.63, 3.8) is 0 Å². The van der Waals surface area contributed by atoms with E-state index in [1.807, 2.05) is 36.9 Å². The first-order valence-electron chi connectivity index (χ1n) is 15.8. The highest BCUT2D eigenvalue weighted by Gasteiger charge is 2.53. The summed E-state index contributed by atoms with van der Waals surface area (Å²) in [6.45, 7) is 11.9. The molecule has 4 aliphatic heterocycles. The molecule has 3 atom stereocenters. The molecule has 5 rings (SSSR count). The first-order valence-corrected chi connectivity index (χ1v) is 15.8. The van der Waals surface area contributed by atoms with Crippen molar-refractivity contribution in [1.29, 1.82) is 0 Å². The van der Waals surface area contributed by atoms with E-state index >= 15 is 0 Å². The van der Waals surface area contributed by atoms with Gasteiger partial charge in [-0.15, -0.1) is 0 Å². The molecule has 4 aliphatic rings. The highest BCUT2D eigenvalue weighted by Crippen LogP contribution is 2.34. The van der Waals surface area contributed by atoms with Gasteiger partial charge in [-0.3, -0.25) is 24.2 Å². The minimum Gasteiger partial charge on any atom is -0.381 e. The molecule has 0 saturated carbocycles. The number of pyridine rings is 1. The van der Waals surface area contributed by atoms with Crippen molar-refractivity contribution < 1.29 is 24.0 Å². The minimum absolute atomic E-state index is 0.000519. The number of piperidine rings is 1. The molecule has 3 amide bonds. The maximum Gasteiger partial charge on any atom is 0.272 e. The van der Waals surface area contributed by atoms with Crippen LogP contribution in [-0.4, -0.2) is 106 Å². The molecule has 0 spiro atoms. The van der Waals surface area contributed by atoms with Crippen LogP contribution in [0.2, 0.25) is 0 Å². The molecule has 1 aromatic heterocycles. The number of hydrogen-bond acceptors (Lipinski definition) is 7. The second-order valence-corrected chi connectivity index (χ2v) is 12.9. The van der Waals surface area contributed by atoms with E-state index in [-0.39, 0.29) is 42.1 Å². The number of nitrogens with zero attached hydrogens (tertiary/aromatic N) is 5. The van der Waals surface area contributed by atoms with Crippen molar-refractivity contribution in [2.45, 2.75) is 96.6 Å². The van der Waals surface area contributed by atoms with Gasteiger partial charge in [0.25, 0.3) is 11.8 Å². The van der Waals surface area contributed by atoms with Gasteiger partial charge in [0.2, 0.25) is 5.91 Å². The highest BCUT2D eigenvalue weighted by molar-refractivity contribution is 5.95. The van der Waals surface area contributed by atoms with Crippen LogP contribution in [0.5, 0.6) is 0 Å². The molecule has 4 fully saturated rings. The standard InChI is InChI=1S/C32H47N5O5/c1-22(2)19-27-31(39)35(26-10-15-34(16-11-26)25-12-17-41-18-13-25)21-29-36(27)32(40)28(20-23(3)4)42-37(29)30(38)9-8-24-7-5-6-14-33-24/h5-9,14,22-23,25-29H,10-13,15-21H2,1-4H3/b9-8+/t27-,28+,29-/m0/s1. The molecular weight excluding hydrogens is 534 g/mol. The summed E-state index contributed by atoms with van der Waals surface area (Å²) in [6, 6.07) is 5.49. The number of rotatable bonds is 8. The predicted octanol–water partition coefficient (Wildman–Crippen LogP) is 3.34. The third-order valence-electron chi connectivity index (χ3n) is 8.96. The molecular formula is C32H47N5O5. The molecule has 0 unspecified atom stereocenters. The Bertz CT molecular complexity index is 1110. The molecule has 0 bridgehead atoms. The van der Waals surface area contributed by atoms with E-state index in [4.69, 9.17) is 9.57 Å². The van der Waals surface area contributed by atoms with Crippen LogP contribution in [0.1, 0.15) is 71.9 Å². The molecule has 42 heavy (non-hydrogen) atoms. The monoisotopic (exact) mass is 581 g/mol. The smallest absolute Gasteiger partial charge is 0.272 e. The van der Waals surface area contributed by atoms with Crippen LogP contribution in [0.15, 0.2) is 30.5 Å². The second kappa shape index (κ2) is 13.7.